The number of aromatic nitrogens is 1. The number of rotatable bonds is 6. The predicted molar refractivity (Wildman–Crippen MR) is 82.0 cm³/mol. The van der Waals surface area contributed by atoms with Crippen molar-refractivity contribution < 1.29 is 9.13 Å². The Kier molecular flexibility index (Phi) is 5.28. The molecule has 112 valence electrons. The quantitative estimate of drug-likeness (QED) is 0.870. The van der Waals surface area contributed by atoms with Crippen LogP contribution in [-0.2, 0) is 6.54 Å². The van der Waals surface area contributed by atoms with E-state index in [1.807, 2.05) is 13.0 Å². The Morgan fingerprint density at radius 3 is 2.71 bits per heavy atom. The minimum absolute atomic E-state index is 0.315. The fraction of sp³-hybridized carbons (Fsp3) is 0.353. The average Bonchev–Trinajstić information content (AvgIpc) is 2.44. The molecule has 0 spiro atoms. The summed E-state index contributed by atoms with van der Waals surface area (Å²) in [5, 5.41) is 3.36. The van der Waals surface area contributed by atoms with Gasteiger partial charge < -0.3 is 10.1 Å². The molecule has 1 N–H and O–H groups in total. The zero-order valence-electron chi connectivity index (χ0n) is 12.7. The maximum atomic E-state index is 13.2. The van der Waals surface area contributed by atoms with Crippen LogP contribution in [0.4, 0.5) is 4.39 Å². The number of halogens is 1. The summed E-state index contributed by atoms with van der Waals surface area (Å²) in [4.78, 5) is 4.26. The van der Waals surface area contributed by atoms with Crippen molar-refractivity contribution in [3.8, 4) is 11.6 Å². The van der Waals surface area contributed by atoms with Crippen molar-refractivity contribution >= 4 is 0 Å². The van der Waals surface area contributed by atoms with E-state index in [1.165, 1.54) is 12.1 Å². The summed E-state index contributed by atoms with van der Waals surface area (Å²) in [6, 6.07) is 8.24. The van der Waals surface area contributed by atoms with Crippen LogP contribution in [-0.4, -0.2) is 11.5 Å². The summed E-state index contributed by atoms with van der Waals surface area (Å²) in [5.74, 6) is 1.27. The lowest BCUT2D eigenvalue weighted by atomic mass is 10.2. The van der Waals surface area contributed by atoms with Gasteiger partial charge in [-0.05, 0) is 36.6 Å². The largest absolute Gasteiger partial charge is 0.439 e. The zero-order chi connectivity index (χ0) is 15.2. The molecule has 0 fully saturated rings. The third-order valence-corrected chi connectivity index (χ3v) is 3.04. The maximum Gasteiger partial charge on any atom is 0.219 e. The van der Waals surface area contributed by atoms with Crippen molar-refractivity contribution in [1.29, 1.82) is 0 Å². The Bertz CT molecular complexity index is 582. The fourth-order valence-corrected chi connectivity index (χ4v) is 1.88. The summed E-state index contributed by atoms with van der Waals surface area (Å²) in [7, 11) is 0. The van der Waals surface area contributed by atoms with Gasteiger partial charge in [-0.3, -0.25) is 0 Å². The molecule has 0 saturated heterocycles. The van der Waals surface area contributed by atoms with E-state index in [2.05, 4.69) is 24.1 Å². The molecule has 0 amide bonds. The second kappa shape index (κ2) is 7.18. The van der Waals surface area contributed by atoms with Crippen LogP contribution >= 0.6 is 0 Å². The Balaban J connectivity index is 1.97. The van der Waals surface area contributed by atoms with E-state index >= 15 is 0 Å². The minimum atomic E-state index is -0.315. The number of aryl methyl sites for hydroxylation is 1. The molecule has 0 atom stereocenters. The molecule has 4 heteroatoms. The normalized spacial score (nSPS) is 10.9. The molecule has 0 radical (unpaired) electrons. The number of ether oxygens (including phenoxy) is 1. The number of pyridine rings is 1. The first kappa shape index (κ1) is 15.4. The third-order valence-electron chi connectivity index (χ3n) is 3.04. The standard InChI is InChI=1S/C17H21FN2O/c1-12(2)9-19-10-14-5-7-17(20-11-14)21-16-8-15(18)6-4-13(16)3/h4-8,11-12,19H,9-10H2,1-3H3. The van der Waals surface area contributed by atoms with Gasteiger partial charge >= 0.3 is 0 Å². The highest BCUT2D eigenvalue weighted by atomic mass is 19.1. The molecule has 0 aliphatic rings. The SMILES string of the molecule is Cc1ccc(F)cc1Oc1ccc(CNCC(C)C)cn1. The number of benzene rings is 1. The van der Waals surface area contributed by atoms with Crippen LogP contribution < -0.4 is 10.1 Å². The van der Waals surface area contributed by atoms with E-state index in [0.29, 0.717) is 17.5 Å². The second-order valence-electron chi connectivity index (χ2n) is 5.54. The Labute approximate surface area is 125 Å². The Morgan fingerprint density at radius 1 is 1.24 bits per heavy atom. The van der Waals surface area contributed by atoms with Gasteiger partial charge in [-0.2, -0.15) is 0 Å². The topological polar surface area (TPSA) is 34.1 Å². The van der Waals surface area contributed by atoms with E-state index in [9.17, 15) is 4.39 Å². The molecule has 2 aromatic rings. The summed E-state index contributed by atoms with van der Waals surface area (Å²) >= 11 is 0. The van der Waals surface area contributed by atoms with E-state index in [4.69, 9.17) is 4.74 Å². The zero-order valence-corrected chi connectivity index (χ0v) is 12.7. The molecule has 0 aliphatic carbocycles. The second-order valence-corrected chi connectivity index (χ2v) is 5.54. The van der Waals surface area contributed by atoms with E-state index in [1.54, 1.807) is 18.3 Å². The molecule has 0 aliphatic heterocycles. The number of nitrogens with one attached hydrogen (secondary N) is 1. The lowest BCUT2D eigenvalue weighted by Crippen LogP contribution is -2.18. The van der Waals surface area contributed by atoms with Crippen LogP contribution in [0.5, 0.6) is 11.6 Å². The molecular weight excluding hydrogens is 267 g/mol. The van der Waals surface area contributed by atoms with Gasteiger partial charge in [-0.15, -0.1) is 0 Å². The summed E-state index contributed by atoms with van der Waals surface area (Å²) in [6.45, 7) is 7.97. The number of hydrogen-bond donors (Lipinski definition) is 1. The van der Waals surface area contributed by atoms with Crippen molar-refractivity contribution in [3.63, 3.8) is 0 Å². The third kappa shape index (κ3) is 4.83. The predicted octanol–water partition coefficient (Wildman–Crippen LogP) is 4.07. The highest BCUT2D eigenvalue weighted by Gasteiger charge is 2.04. The van der Waals surface area contributed by atoms with Crippen LogP contribution in [0.15, 0.2) is 36.5 Å². The average molecular weight is 288 g/mol. The van der Waals surface area contributed by atoms with Gasteiger partial charge in [0.2, 0.25) is 5.88 Å². The van der Waals surface area contributed by atoms with Crippen molar-refractivity contribution in [2.75, 3.05) is 6.54 Å². The van der Waals surface area contributed by atoms with Crippen LogP contribution in [0, 0.1) is 18.7 Å². The van der Waals surface area contributed by atoms with Crippen molar-refractivity contribution in [2.24, 2.45) is 5.92 Å². The first-order valence-electron chi connectivity index (χ1n) is 7.14. The summed E-state index contributed by atoms with van der Waals surface area (Å²) in [6.07, 6.45) is 1.78. The van der Waals surface area contributed by atoms with Crippen LogP contribution in [0.1, 0.15) is 25.0 Å². The number of hydrogen-bond acceptors (Lipinski definition) is 3. The van der Waals surface area contributed by atoms with Crippen LogP contribution in [0.25, 0.3) is 0 Å². The highest BCUT2D eigenvalue weighted by molar-refractivity contribution is 5.35. The van der Waals surface area contributed by atoms with Gasteiger partial charge in [-0.25, -0.2) is 9.37 Å². The summed E-state index contributed by atoms with van der Waals surface area (Å²) < 4.78 is 18.8. The van der Waals surface area contributed by atoms with E-state index < -0.39 is 0 Å². The lowest BCUT2D eigenvalue weighted by molar-refractivity contribution is 0.454. The maximum absolute atomic E-state index is 13.2. The minimum Gasteiger partial charge on any atom is -0.439 e. The van der Waals surface area contributed by atoms with Crippen molar-refractivity contribution in [3.05, 3.63) is 53.5 Å². The molecule has 1 aromatic carbocycles. The van der Waals surface area contributed by atoms with E-state index in [0.717, 1.165) is 24.2 Å². The Morgan fingerprint density at radius 2 is 2.05 bits per heavy atom. The summed E-state index contributed by atoms with van der Waals surface area (Å²) in [5.41, 5.74) is 1.97. The van der Waals surface area contributed by atoms with Gasteiger partial charge in [-0.1, -0.05) is 26.0 Å². The van der Waals surface area contributed by atoms with Crippen molar-refractivity contribution in [2.45, 2.75) is 27.3 Å². The fourth-order valence-electron chi connectivity index (χ4n) is 1.88. The molecule has 3 nitrogen and oxygen atoms in total. The van der Waals surface area contributed by atoms with Crippen molar-refractivity contribution in [1.82, 2.24) is 10.3 Å². The molecule has 21 heavy (non-hydrogen) atoms. The smallest absolute Gasteiger partial charge is 0.219 e. The Hall–Kier alpha value is -1.94. The number of nitrogens with zero attached hydrogens (tertiary/aromatic N) is 1. The molecule has 0 bridgehead atoms. The molecule has 0 saturated carbocycles. The highest BCUT2D eigenvalue weighted by Crippen LogP contribution is 2.24. The van der Waals surface area contributed by atoms with Gasteiger partial charge in [0.15, 0.2) is 0 Å². The molecule has 0 unspecified atom stereocenters. The first-order valence-corrected chi connectivity index (χ1v) is 7.14. The van der Waals surface area contributed by atoms with E-state index in [-0.39, 0.29) is 5.82 Å². The van der Waals surface area contributed by atoms with Gasteiger partial charge in [0.25, 0.3) is 0 Å². The molecule has 1 aromatic heterocycles. The molecular formula is C17H21FN2O. The monoisotopic (exact) mass is 288 g/mol. The van der Waals surface area contributed by atoms with Gasteiger partial charge in [0.1, 0.15) is 11.6 Å². The first-order chi connectivity index (χ1) is 10.0. The van der Waals surface area contributed by atoms with Gasteiger partial charge in [0, 0.05) is 24.9 Å². The molecule has 1 heterocycles. The lowest BCUT2D eigenvalue weighted by Gasteiger charge is -2.09. The van der Waals surface area contributed by atoms with Gasteiger partial charge in [0.05, 0.1) is 0 Å². The molecule has 2 rings (SSSR count). The van der Waals surface area contributed by atoms with Crippen LogP contribution in [0.3, 0.4) is 0 Å². The van der Waals surface area contributed by atoms with Crippen LogP contribution in [0.2, 0.25) is 0 Å².